The summed E-state index contributed by atoms with van der Waals surface area (Å²) >= 11 is 0. The summed E-state index contributed by atoms with van der Waals surface area (Å²) in [6.45, 7) is 0. The van der Waals surface area contributed by atoms with Crippen molar-refractivity contribution in [2.75, 3.05) is 4.90 Å². The van der Waals surface area contributed by atoms with Gasteiger partial charge in [0.25, 0.3) is 0 Å². The van der Waals surface area contributed by atoms with E-state index < -0.39 is 0 Å². The highest BCUT2D eigenvalue weighted by Crippen LogP contribution is 2.44. The fourth-order valence-corrected chi connectivity index (χ4v) is 6.27. The van der Waals surface area contributed by atoms with Gasteiger partial charge in [-0.15, -0.1) is 0 Å². The van der Waals surface area contributed by atoms with E-state index in [9.17, 15) is 0 Å². The Balaban J connectivity index is 1.28. The number of anilines is 3. The minimum atomic E-state index is 0.622. The first kappa shape index (κ1) is 23.8. The van der Waals surface area contributed by atoms with Crippen molar-refractivity contribution >= 4 is 71.8 Å². The Kier molecular flexibility index (Phi) is 5.16. The number of pyridine rings is 1. The molecular weight excluding hydrogens is 528 g/mol. The van der Waals surface area contributed by atoms with Crippen LogP contribution in [-0.4, -0.2) is 4.98 Å². The molecule has 0 N–H and O–H groups in total. The van der Waals surface area contributed by atoms with E-state index >= 15 is 0 Å². The van der Waals surface area contributed by atoms with Gasteiger partial charge in [0, 0.05) is 27.2 Å². The minimum Gasteiger partial charge on any atom is -0.454 e. The van der Waals surface area contributed by atoms with Crippen molar-refractivity contribution in [3.63, 3.8) is 0 Å². The molecule has 0 radical (unpaired) electrons. The van der Waals surface area contributed by atoms with E-state index in [0.29, 0.717) is 5.71 Å². The van der Waals surface area contributed by atoms with Crippen LogP contribution in [0.4, 0.5) is 17.1 Å². The second-order valence-electron chi connectivity index (χ2n) is 10.8. The number of hydrogen-bond donors (Lipinski definition) is 0. The maximum absolute atomic E-state index is 6.51. The average molecular weight is 553 g/mol. The van der Waals surface area contributed by atoms with Gasteiger partial charge in [-0.1, -0.05) is 103 Å². The van der Waals surface area contributed by atoms with Crippen LogP contribution >= 0.6 is 0 Å². The van der Waals surface area contributed by atoms with Crippen LogP contribution in [0.2, 0.25) is 0 Å². The van der Waals surface area contributed by atoms with Crippen molar-refractivity contribution in [3.05, 3.63) is 146 Å². The normalized spacial score (nSPS) is 11.7. The van der Waals surface area contributed by atoms with E-state index in [4.69, 9.17) is 13.8 Å². The van der Waals surface area contributed by atoms with Crippen LogP contribution in [0.25, 0.3) is 65.9 Å². The molecule has 202 valence electrons. The summed E-state index contributed by atoms with van der Waals surface area (Å²) in [5, 5.41) is 6.42. The van der Waals surface area contributed by atoms with Gasteiger partial charge in [0.1, 0.15) is 11.2 Å². The second-order valence-corrected chi connectivity index (χ2v) is 10.8. The molecule has 0 aliphatic carbocycles. The number of nitrogens with zero attached hydrogens (tertiary/aromatic N) is 2. The first-order valence-electron chi connectivity index (χ1n) is 14.4. The summed E-state index contributed by atoms with van der Waals surface area (Å²) in [6.07, 6.45) is 1.89. The first-order valence-corrected chi connectivity index (χ1v) is 14.4. The summed E-state index contributed by atoms with van der Waals surface area (Å²) in [4.78, 5) is 7.07. The zero-order valence-electron chi connectivity index (χ0n) is 23.1. The van der Waals surface area contributed by atoms with Crippen LogP contribution in [0.15, 0.2) is 155 Å². The molecule has 0 spiro atoms. The zero-order valence-corrected chi connectivity index (χ0v) is 23.1. The number of benzene rings is 6. The van der Waals surface area contributed by atoms with Crippen molar-refractivity contribution in [2.24, 2.45) is 0 Å². The predicted molar refractivity (Wildman–Crippen MR) is 176 cm³/mol. The van der Waals surface area contributed by atoms with Crippen molar-refractivity contribution in [1.29, 1.82) is 0 Å². The Labute approximate surface area is 247 Å². The van der Waals surface area contributed by atoms with Crippen LogP contribution < -0.4 is 4.90 Å². The van der Waals surface area contributed by atoms with E-state index in [1.165, 1.54) is 5.56 Å². The highest BCUT2D eigenvalue weighted by atomic mass is 16.3. The quantitative estimate of drug-likeness (QED) is 0.218. The molecule has 0 amide bonds. The molecule has 4 heteroatoms. The molecule has 0 aliphatic rings. The summed E-state index contributed by atoms with van der Waals surface area (Å²) in [6, 6.07) is 48.4. The van der Waals surface area contributed by atoms with Gasteiger partial charge in [-0.3, -0.25) is 0 Å². The first-order chi connectivity index (χ1) is 21.3. The molecule has 0 saturated carbocycles. The predicted octanol–water partition coefficient (Wildman–Crippen LogP) is 11.2. The monoisotopic (exact) mass is 552 g/mol. The second kappa shape index (κ2) is 9.33. The van der Waals surface area contributed by atoms with Crippen LogP contribution in [-0.2, 0) is 0 Å². The molecule has 0 unspecified atom stereocenters. The Bertz CT molecular complexity index is 2450. The molecular formula is C39H24N2O2. The molecule has 9 aromatic rings. The highest BCUT2D eigenvalue weighted by Gasteiger charge is 2.21. The lowest BCUT2D eigenvalue weighted by molar-refractivity contribution is 0.657. The lowest BCUT2D eigenvalue weighted by Gasteiger charge is -2.25. The Morgan fingerprint density at radius 3 is 2.07 bits per heavy atom. The van der Waals surface area contributed by atoms with Crippen LogP contribution in [0.1, 0.15) is 0 Å². The van der Waals surface area contributed by atoms with Crippen molar-refractivity contribution in [1.82, 2.24) is 4.98 Å². The summed E-state index contributed by atoms with van der Waals surface area (Å²) in [5.74, 6) is 0. The summed E-state index contributed by atoms with van der Waals surface area (Å²) < 4.78 is 12.8. The van der Waals surface area contributed by atoms with Gasteiger partial charge >= 0.3 is 0 Å². The van der Waals surface area contributed by atoms with Crippen LogP contribution in [0, 0.1) is 0 Å². The number of hydrogen-bond acceptors (Lipinski definition) is 4. The summed E-state index contributed by atoms with van der Waals surface area (Å²) in [7, 11) is 0. The molecule has 3 aromatic heterocycles. The van der Waals surface area contributed by atoms with Gasteiger partial charge in [0.05, 0.1) is 23.0 Å². The van der Waals surface area contributed by atoms with E-state index in [1.807, 2.05) is 36.5 Å². The lowest BCUT2D eigenvalue weighted by Crippen LogP contribution is -2.10. The average Bonchev–Trinajstić information content (AvgIpc) is 3.65. The smallest absolute Gasteiger partial charge is 0.227 e. The Morgan fingerprint density at radius 2 is 1.19 bits per heavy atom. The molecule has 3 heterocycles. The van der Waals surface area contributed by atoms with Crippen molar-refractivity contribution in [3.8, 4) is 11.1 Å². The lowest BCUT2D eigenvalue weighted by atomic mass is 10.0. The largest absolute Gasteiger partial charge is 0.454 e. The van der Waals surface area contributed by atoms with E-state index in [0.717, 1.165) is 71.7 Å². The van der Waals surface area contributed by atoms with Gasteiger partial charge < -0.3 is 13.7 Å². The fourth-order valence-electron chi connectivity index (χ4n) is 6.27. The van der Waals surface area contributed by atoms with E-state index in [-0.39, 0.29) is 0 Å². The molecule has 0 fully saturated rings. The molecule has 0 saturated heterocycles. The van der Waals surface area contributed by atoms with Crippen molar-refractivity contribution in [2.45, 2.75) is 0 Å². The third kappa shape index (κ3) is 3.74. The summed E-state index contributed by atoms with van der Waals surface area (Å²) in [5.41, 5.74) is 8.39. The van der Waals surface area contributed by atoms with Gasteiger partial charge in [-0.25, -0.2) is 4.98 Å². The molecule has 4 nitrogen and oxygen atoms in total. The number of aromatic nitrogens is 1. The zero-order chi connectivity index (χ0) is 28.3. The van der Waals surface area contributed by atoms with Gasteiger partial charge in [-0.2, -0.15) is 0 Å². The van der Waals surface area contributed by atoms with E-state index in [1.54, 1.807) is 0 Å². The Hall–Kier alpha value is -5.87. The minimum absolute atomic E-state index is 0.622. The fraction of sp³-hybridized carbons (Fsp3) is 0. The Morgan fingerprint density at radius 1 is 0.465 bits per heavy atom. The molecule has 6 aromatic carbocycles. The maximum atomic E-state index is 6.51. The number of rotatable bonds is 4. The standard InChI is InChI=1S/C39H24N2O2/c1-2-9-25(10-3-1)26-17-20-28(21-18-26)41(35-15-8-14-32-31-13-6-7-16-36(31)42-38(32)35)29-23-34-33-22-19-27-11-4-5-12-30(27)37(33)43-39(34)40-24-29/h1-24H. The van der Waals surface area contributed by atoms with Crippen LogP contribution in [0.3, 0.4) is 0 Å². The van der Waals surface area contributed by atoms with Gasteiger partial charge in [-0.05, 0) is 52.9 Å². The van der Waals surface area contributed by atoms with E-state index in [2.05, 4.69) is 114 Å². The third-order valence-electron chi connectivity index (χ3n) is 8.32. The van der Waals surface area contributed by atoms with Crippen LogP contribution in [0.5, 0.6) is 0 Å². The molecule has 43 heavy (non-hydrogen) atoms. The molecule has 9 rings (SSSR count). The molecule has 0 atom stereocenters. The molecule has 0 aliphatic heterocycles. The third-order valence-corrected chi connectivity index (χ3v) is 8.32. The van der Waals surface area contributed by atoms with Gasteiger partial charge in [0.15, 0.2) is 5.58 Å². The van der Waals surface area contributed by atoms with Gasteiger partial charge in [0.2, 0.25) is 5.71 Å². The van der Waals surface area contributed by atoms with Crippen molar-refractivity contribution < 1.29 is 8.83 Å². The SMILES string of the molecule is c1ccc(-c2ccc(N(c3cnc4oc5c6ccccc6ccc5c4c3)c3cccc4c3oc3ccccc34)cc2)cc1. The highest BCUT2D eigenvalue weighted by molar-refractivity contribution is 6.15. The molecule has 0 bridgehead atoms. The number of fused-ring (bicyclic) bond motifs is 8. The number of furan rings is 2. The topological polar surface area (TPSA) is 42.4 Å². The maximum Gasteiger partial charge on any atom is 0.227 e. The number of para-hydroxylation sites is 2.